The molecule has 0 aromatic heterocycles. The van der Waals surface area contributed by atoms with E-state index in [4.69, 9.17) is 9.47 Å². The first kappa shape index (κ1) is 16.4. The summed E-state index contributed by atoms with van der Waals surface area (Å²) in [4.78, 5) is 0. The Kier molecular flexibility index (Phi) is 6.02. The molecule has 20 heavy (non-hydrogen) atoms. The molecule has 1 N–H and O–H groups in total. The van der Waals surface area contributed by atoms with Gasteiger partial charge in [0.2, 0.25) is 0 Å². The molecule has 4 unspecified atom stereocenters. The predicted molar refractivity (Wildman–Crippen MR) is 82.3 cm³/mol. The van der Waals surface area contributed by atoms with Crippen molar-refractivity contribution >= 4 is 10.8 Å². The summed E-state index contributed by atoms with van der Waals surface area (Å²) < 4.78 is 24.5. The first-order chi connectivity index (χ1) is 9.62. The molecule has 0 amide bonds. The molecule has 2 fully saturated rings. The summed E-state index contributed by atoms with van der Waals surface area (Å²) in [5, 5.41) is 3.96. The van der Waals surface area contributed by atoms with E-state index in [9.17, 15) is 4.21 Å². The molecule has 0 bridgehead atoms. The maximum Gasteiger partial charge on any atom is 0.169 e. The van der Waals surface area contributed by atoms with Gasteiger partial charge in [0, 0.05) is 34.9 Å². The lowest BCUT2D eigenvalue weighted by molar-refractivity contribution is -0.178. The summed E-state index contributed by atoms with van der Waals surface area (Å²) in [7, 11) is -0.829. The van der Waals surface area contributed by atoms with Gasteiger partial charge in [-0.3, -0.25) is 4.21 Å². The Morgan fingerprint density at radius 3 is 2.65 bits per heavy atom. The second kappa shape index (κ2) is 7.34. The van der Waals surface area contributed by atoms with E-state index in [1.165, 1.54) is 0 Å². The number of hydrogen-bond acceptors (Lipinski definition) is 4. The van der Waals surface area contributed by atoms with Crippen molar-refractivity contribution < 1.29 is 13.7 Å². The second-order valence-corrected chi connectivity index (χ2v) is 8.06. The molecule has 1 aliphatic heterocycles. The van der Waals surface area contributed by atoms with Crippen molar-refractivity contribution in [3.63, 3.8) is 0 Å². The largest absolute Gasteiger partial charge is 0.347 e. The Hall–Kier alpha value is 0.0300. The molecule has 0 aromatic rings. The number of nitrogens with one attached hydrogen (secondary N) is 1. The Morgan fingerprint density at radius 1 is 1.35 bits per heavy atom. The smallest absolute Gasteiger partial charge is 0.169 e. The summed E-state index contributed by atoms with van der Waals surface area (Å²) >= 11 is 0. The van der Waals surface area contributed by atoms with Gasteiger partial charge in [0.15, 0.2) is 5.79 Å². The molecule has 5 heteroatoms. The molecule has 2 aliphatic rings. The fourth-order valence-electron chi connectivity index (χ4n) is 3.14. The third-order valence-corrected chi connectivity index (χ3v) is 6.76. The zero-order chi connectivity index (χ0) is 14.6. The molecule has 2 rings (SSSR count). The van der Waals surface area contributed by atoms with E-state index in [-0.39, 0.29) is 10.5 Å². The van der Waals surface area contributed by atoms with E-state index in [1.54, 1.807) is 0 Å². The van der Waals surface area contributed by atoms with Gasteiger partial charge in [-0.05, 0) is 25.8 Å². The molecule has 4 atom stereocenters. The summed E-state index contributed by atoms with van der Waals surface area (Å²) in [6.07, 6.45) is 4.75. The molecule has 1 saturated heterocycles. The lowest BCUT2D eigenvalue weighted by atomic mass is 9.89. The number of ether oxygens (including phenoxy) is 2. The van der Waals surface area contributed by atoms with Crippen molar-refractivity contribution in [1.82, 2.24) is 5.32 Å². The van der Waals surface area contributed by atoms with E-state index >= 15 is 0 Å². The zero-order valence-electron chi connectivity index (χ0n) is 13.0. The van der Waals surface area contributed by atoms with E-state index in [1.807, 2.05) is 0 Å². The van der Waals surface area contributed by atoms with Gasteiger partial charge in [0.05, 0.1) is 18.5 Å². The molecular formula is C15H29NO3S. The van der Waals surface area contributed by atoms with Gasteiger partial charge in [0.1, 0.15) is 0 Å². The highest BCUT2D eigenvalue weighted by molar-refractivity contribution is 7.86. The van der Waals surface area contributed by atoms with Crippen LogP contribution < -0.4 is 5.32 Å². The van der Waals surface area contributed by atoms with Crippen LogP contribution in [0.3, 0.4) is 0 Å². The zero-order valence-corrected chi connectivity index (χ0v) is 13.8. The van der Waals surface area contributed by atoms with Crippen LogP contribution in [0.2, 0.25) is 0 Å². The Morgan fingerprint density at radius 2 is 2.05 bits per heavy atom. The van der Waals surface area contributed by atoms with Gasteiger partial charge in [-0.2, -0.15) is 0 Å². The monoisotopic (exact) mass is 303 g/mol. The van der Waals surface area contributed by atoms with Crippen molar-refractivity contribution in [2.45, 2.75) is 75.2 Å². The first-order valence-corrected chi connectivity index (χ1v) is 9.30. The standard InChI is InChI=1S/C15H29NO3S/c1-4-8-16-13-6-7-15(18-9-10-19-15)11-14(13)20(17)12(3)5-2/h12-14,16H,4-11H2,1-3H3. The van der Waals surface area contributed by atoms with E-state index < -0.39 is 16.6 Å². The molecule has 1 spiro atoms. The van der Waals surface area contributed by atoms with Gasteiger partial charge < -0.3 is 14.8 Å². The third-order valence-electron chi connectivity index (χ3n) is 4.54. The van der Waals surface area contributed by atoms with Crippen LogP contribution in [0.1, 0.15) is 52.9 Å². The maximum absolute atomic E-state index is 12.8. The van der Waals surface area contributed by atoms with Gasteiger partial charge in [-0.25, -0.2) is 0 Å². The highest BCUT2D eigenvalue weighted by Gasteiger charge is 2.47. The normalized spacial score (nSPS) is 32.4. The van der Waals surface area contributed by atoms with Gasteiger partial charge in [-0.1, -0.05) is 20.8 Å². The quantitative estimate of drug-likeness (QED) is 0.817. The van der Waals surface area contributed by atoms with Crippen LogP contribution in [0.5, 0.6) is 0 Å². The van der Waals surface area contributed by atoms with E-state index in [0.717, 1.165) is 38.6 Å². The summed E-state index contributed by atoms with van der Waals surface area (Å²) in [6, 6.07) is 0.336. The van der Waals surface area contributed by atoms with Crippen LogP contribution in [-0.2, 0) is 20.3 Å². The molecule has 1 heterocycles. The van der Waals surface area contributed by atoms with Crippen LogP contribution in [0, 0.1) is 0 Å². The SMILES string of the molecule is CCCNC1CCC2(CC1S(=O)C(C)CC)OCCO2. The average Bonchev–Trinajstić information content (AvgIpc) is 2.92. The molecule has 1 saturated carbocycles. The van der Waals surface area contributed by atoms with Crippen LogP contribution in [0.25, 0.3) is 0 Å². The molecule has 1 aliphatic carbocycles. The first-order valence-electron chi connectivity index (χ1n) is 8.02. The minimum absolute atomic E-state index is 0.142. The van der Waals surface area contributed by atoms with Crippen LogP contribution >= 0.6 is 0 Å². The number of hydrogen-bond donors (Lipinski definition) is 1. The van der Waals surface area contributed by atoms with Crippen molar-refractivity contribution in [2.24, 2.45) is 0 Å². The third kappa shape index (κ3) is 3.62. The van der Waals surface area contributed by atoms with Crippen molar-refractivity contribution in [1.29, 1.82) is 0 Å². The van der Waals surface area contributed by atoms with Crippen molar-refractivity contribution in [3.8, 4) is 0 Å². The molecule has 4 nitrogen and oxygen atoms in total. The highest BCUT2D eigenvalue weighted by Crippen LogP contribution is 2.38. The van der Waals surface area contributed by atoms with E-state index in [0.29, 0.717) is 19.3 Å². The van der Waals surface area contributed by atoms with Gasteiger partial charge in [0.25, 0.3) is 0 Å². The predicted octanol–water partition coefficient (Wildman–Crippen LogP) is 2.20. The fourth-order valence-corrected chi connectivity index (χ4v) is 5.04. The lowest BCUT2D eigenvalue weighted by Crippen LogP contribution is -2.53. The topological polar surface area (TPSA) is 47.6 Å². The van der Waals surface area contributed by atoms with Gasteiger partial charge >= 0.3 is 0 Å². The minimum Gasteiger partial charge on any atom is -0.347 e. The summed E-state index contributed by atoms with van der Waals surface area (Å²) in [5.41, 5.74) is 0. The second-order valence-electron chi connectivity index (χ2n) is 6.00. The Bertz CT molecular complexity index is 331. The Labute approximate surface area is 125 Å². The van der Waals surface area contributed by atoms with Crippen LogP contribution in [0.4, 0.5) is 0 Å². The maximum atomic E-state index is 12.8. The minimum atomic E-state index is -0.829. The molecular weight excluding hydrogens is 274 g/mol. The van der Waals surface area contributed by atoms with Gasteiger partial charge in [-0.15, -0.1) is 0 Å². The van der Waals surface area contributed by atoms with E-state index in [2.05, 4.69) is 26.1 Å². The van der Waals surface area contributed by atoms with Crippen molar-refractivity contribution in [3.05, 3.63) is 0 Å². The Balaban J connectivity index is 2.07. The number of rotatable bonds is 6. The van der Waals surface area contributed by atoms with Crippen LogP contribution in [0.15, 0.2) is 0 Å². The average molecular weight is 303 g/mol. The molecule has 118 valence electrons. The highest BCUT2D eigenvalue weighted by atomic mass is 32.2. The van der Waals surface area contributed by atoms with Crippen molar-refractivity contribution in [2.75, 3.05) is 19.8 Å². The molecule has 0 aromatic carbocycles. The fraction of sp³-hybridized carbons (Fsp3) is 1.00. The summed E-state index contributed by atoms with van der Waals surface area (Å²) in [6.45, 7) is 8.71. The lowest BCUT2D eigenvalue weighted by Gasteiger charge is -2.41. The van der Waals surface area contributed by atoms with Crippen LogP contribution in [-0.4, -0.2) is 46.3 Å². The molecule has 0 radical (unpaired) electrons. The summed E-state index contributed by atoms with van der Waals surface area (Å²) in [5.74, 6) is -0.446.